The van der Waals surface area contributed by atoms with Crippen LogP contribution in [-0.4, -0.2) is 37.0 Å². The number of imide groups is 1. The van der Waals surface area contributed by atoms with E-state index in [1.165, 1.54) is 10.5 Å². The molecule has 6 heteroatoms. The fraction of sp³-hybridized carbons (Fsp3) is 0.286. The molecule has 0 aliphatic carbocycles. The summed E-state index contributed by atoms with van der Waals surface area (Å²) in [6.07, 6.45) is 0.917. The lowest BCUT2D eigenvalue weighted by Gasteiger charge is -2.16. The molecule has 1 N–H and O–H groups in total. The van der Waals surface area contributed by atoms with E-state index in [0.717, 1.165) is 6.42 Å². The van der Waals surface area contributed by atoms with E-state index in [4.69, 9.17) is 4.74 Å². The van der Waals surface area contributed by atoms with Crippen molar-refractivity contribution < 1.29 is 19.1 Å². The average Bonchev–Trinajstić information content (AvgIpc) is 2.96. The maximum absolute atomic E-state index is 12.6. The molecule has 1 unspecified atom stereocenters. The molecule has 0 radical (unpaired) electrons. The highest BCUT2D eigenvalue weighted by atomic mass is 16.5. The van der Waals surface area contributed by atoms with Crippen molar-refractivity contribution in [2.45, 2.75) is 25.8 Å². The number of rotatable bonds is 7. The summed E-state index contributed by atoms with van der Waals surface area (Å²) in [6, 6.07) is 15.7. The first-order valence-electron chi connectivity index (χ1n) is 9.01. The molecule has 0 bridgehead atoms. The lowest BCUT2D eigenvalue weighted by Crippen LogP contribution is -2.39. The molecule has 1 aliphatic heterocycles. The lowest BCUT2D eigenvalue weighted by atomic mass is 10.1. The molecule has 2 aromatic carbocycles. The third-order valence-electron chi connectivity index (χ3n) is 4.43. The number of esters is 1. The van der Waals surface area contributed by atoms with E-state index in [2.05, 4.69) is 5.32 Å². The fourth-order valence-corrected chi connectivity index (χ4v) is 3.06. The zero-order chi connectivity index (χ0) is 19.2. The number of amides is 2. The van der Waals surface area contributed by atoms with Gasteiger partial charge in [-0.05, 0) is 49.7 Å². The molecule has 1 atom stereocenters. The number of ether oxygens (including phenoxy) is 1. The van der Waals surface area contributed by atoms with Crippen LogP contribution in [0, 0.1) is 0 Å². The monoisotopic (exact) mass is 366 g/mol. The summed E-state index contributed by atoms with van der Waals surface area (Å²) in [5, 5.41) is 3.17. The second-order valence-corrected chi connectivity index (χ2v) is 6.28. The van der Waals surface area contributed by atoms with Crippen molar-refractivity contribution >= 4 is 23.5 Å². The predicted octanol–water partition coefficient (Wildman–Crippen LogP) is 2.33. The van der Waals surface area contributed by atoms with Gasteiger partial charge < -0.3 is 10.1 Å². The summed E-state index contributed by atoms with van der Waals surface area (Å²) in [5.74, 6) is -0.943. The molecule has 1 aliphatic rings. The zero-order valence-electron chi connectivity index (χ0n) is 15.2. The van der Waals surface area contributed by atoms with Crippen LogP contribution in [0.2, 0.25) is 0 Å². The maximum atomic E-state index is 12.6. The van der Waals surface area contributed by atoms with E-state index in [1.807, 2.05) is 30.3 Å². The van der Waals surface area contributed by atoms with Crippen LogP contribution < -0.4 is 10.2 Å². The van der Waals surface area contributed by atoms with Gasteiger partial charge in [0.05, 0.1) is 30.3 Å². The molecule has 3 rings (SSSR count). The molecule has 1 heterocycles. The minimum absolute atomic E-state index is 0.132. The summed E-state index contributed by atoms with van der Waals surface area (Å²) >= 11 is 0. The van der Waals surface area contributed by atoms with Crippen molar-refractivity contribution in [1.29, 1.82) is 0 Å². The van der Waals surface area contributed by atoms with Crippen molar-refractivity contribution in [3.05, 3.63) is 65.7 Å². The fourth-order valence-electron chi connectivity index (χ4n) is 3.06. The first kappa shape index (κ1) is 18.8. The zero-order valence-corrected chi connectivity index (χ0v) is 15.2. The second kappa shape index (κ2) is 8.60. The number of hydrogen-bond acceptors (Lipinski definition) is 5. The van der Waals surface area contributed by atoms with Crippen LogP contribution in [0.4, 0.5) is 5.69 Å². The van der Waals surface area contributed by atoms with Gasteiger partial charge in [0.2, 0.25) is 5.91 Å². The summed E-state index contributed by atoms with van der Waals surface area (Å²) in [7, 11) is 0. The Balaban J connectivity index is 1.61. The van der Waals surface area contributed by atoms with Gasteiger partial charge in [-0.1, -0.05) is 30.3 Å². The molecule has 140 valence electrons. The van der Waals surface area contributed by atoms with Gasteiger partial charge in [0, 0.05) is 0 Å². The quantitative estimate of drug-likeness (QED) is 0.601. The average molecular weight is 366 g/mol. The van der Waals surface area contributed by atoms with Gasteiger partial charge in [-0.3, -0.25) is 9.59 Å². The van der Waals surface area contributed by atoms with E-state index in [9.17, 15) is 14.4 Å². The Labute approximate surface area is 158 Å². The molecular weight excluding hydrogens is 344 g/mol. The molecule has 1 fully saturated rings. The molecule has 0 spiro atoms. The van der Waals surface area contributed by atoms with Gasteiger partial charge >= 0.3 is 5.97 Å². The number of nitrogens with zero attached hydrogens (tertiary/aromatic N) is 1. The number of carbonyl (C=O) groups excluding carboxylic acids is 3. The van der Waals surface area contributed by atoms with Gasteiger partial charge in [0.15, 0.2) is 0 Å². The first-order valence-corrected chi connectivity index (χ1v) is 9.01. The first-order chi connectivity index (χ1) is 13.1. The molecule has 27 heavy (non-hydrogen) atoms. The highest BCUT2D eigenvalue weighted by Crippen LogP contribution is 2.23. The summed E-state index contributed by atoms with van der Waals surface area (Å²) in [4.78, 5) is 37.8. The summed E-state index contributed by atoms with van der Waals surface area (Å²) < 4.78 is 4.94. The molecular formula is C21H22N2O4. The number of anilines is 1. The Morgan fingerprint density at radius 2 is 1.81 bits per heavy atom. The number of carbonyl (C=O) groups is 3. The maximum Gasteiger partial charge on any atom is 0.338 e. The van der Waals surface area contributed by atoms with Crippen LogP contribution >= 0.6 is 0 Å². The minimum Gasteiger partial charge on any atom is -0.462 e. The van der Waals surface area contributed by atoms with Crippen LogP contribution in [0.15, 0.2) is 54.6 Å². The Kier molecular flexibility index (Phi) is 5.98. The Hall–Kier alpha value is -2.99. The molecule has 0 aromatic heterocycles. The van der Waals surface area contributed by atoms with Crippen molar-refractivity contribution in [2.24, 2.45) is 0 Å². The molecule has 0 saturated carbocycles. The van der Waals surface area contributed by atoms with Crippen LogP contribution in [0.25, 0.3) is 0 Å². The lowest BCUT2D eigenvalue weighted by molar-refractivity contribution is -0.121. The smallest absolute Gasteiger partial charge is 0.338 e. The van der Waals surface area contributed by atoms with Crippen molar-refractivity contribution in [3.63, 3.8) is 0 Å². The van der Waals surface area contributed by atoms with Gasteiger partial charge in [-0.2, -0.15) is 0 Å². The van der Waals surface area contributed by atoms with Crippen LogP contribution in [0.3, 0.4) is 0 Å². The van der Waals surface area contributed by atoms with Crippen LogP contribution in [0.5, 0.6) is 0 Å². The number of nitrogens with one attached hydrogen (secondary N) is 1. The predicted molar refractivity (Wildman–Crippen MR) is 101 cm³/mol. The Morgan fingerprint density at radius 3 is 2.48 bits per heavy atom. The van der Waals surface area contributed by atoms with Gasteiger partial charge in [0.25, 0.3) is 5.91 Å². The molecule has 1 saturated heterocycles. The van der Waals surface area contributed by atoms with Crippen LogP contribution in [0.1, 0.15) is 29.3 Å². The highest BCUT2D eigenvalue weighted by Gasteiger charge is 2.39. The third kappa shape index (κ3) is 4.41. The van der Waals surface area contributed by atoms with E-state index >= 15 is 0 Å². The van der Waals surface area contributed by atoms with Crippen LogP contribution in [-0.2, 0) is 20.7 Å². The van der Waals surface area contributed by atoms with Gasteiger partial charge in [0.1, 0.15) is 0 Å². The number of hydrogen-bond donors (Lipinski definition) is 1. The Bertz CT molecular complexity index is 818. The standard InChI is InChI=1S/C21H22N2O4/c1-2-27-21(26)16-8-10-17(11-9-16)23-19(24)14-18(20(23)25)22-13-12-15-6-4-3-5-7-15/h3-11,18,22H,2,12-14H2,1H3. The van der Waals surface area contributed by atoms with Crippen molar-refractivity contribution in [2.75, 3.05) is 18.1 Å². The molecule has 2 aromatic rings. The highest BCUT2D eigenvalue weighted by molar-refractivity contribution is 6.22. The second-order valence-electron chi connectivity index (χ2n) is 6.28. The normalized spacial score (nSPS) is 16.6. The van der Waals surface area contributed by atoms with Crippen molar-refractivity contribution in [3.8, 4) is 0 Å². The molecule has 6 nitrogen and oxygen atoms in total. The van der Waals surface area contributed by atoms with E-state index in [0.29, 0.717) is 24.4 Å². The summed E-state index contributed by atoms with van der Waals surface area (Å²) in [6.45, 7) is 2.64. The van der Waals surface area contributed by atoms with E-state index in [1.54, 1.807) is 31.2 Å². The van der Waals surface area contributed by atoms with Gasteiger partial charge in [-0.15, -0.1) is 0 Å². The third-order valence-corrected chi connectivity index (χ3v) is 4.43. The largest absolute Gasteiger partial charge is 0.462 e. The van der Waals surface area contributed by atoms with Crippen molar-refractivity contribution in [1.82, 2.24) is 5.32 Å². The number of benzene rings is 2. The summed E-state index contributed by atoms with van der Waals surface area (Å²) in [5.41, 5.74) is 2.02. The Morgan fingerprint density at radius 1 is 1.11 bits per heavy atom. The van der Waals surface area contributed by atoms with Gasteiger partial charge in [-0.25, -0.2) is 9.69 Å². The van der Waals surface area contributed by atoms with E-state index in [-0.39, 0.29) is 18.2 Å². The minimum atomic E-state index is -0.522. The van der Waals surface area contributed by atoms with E-state index < -0.39 is 12.0 Å². The molecule has 2 amide bonds. The topological polar surface area (TPSA) is 75.7 Å². The SMILES string of the molecule is CCOC(=O)c1ccc(N2C(=O)CC(NCCc3ccccc3)C2=O)cc1.